The molecule has 6 aromatic heterocycles. The second kappa shape index (κ2) is 8.18. The van der Waals surface area contributed by atoms with E-state index in [1.165, 1.54) is 0 Å². The van der Waals surface area contributed by atoms with E-state index in [1.807, 2.05) is 55.4 Å². The predicted octanol–water partition coefficient (Wildman–Crippen LogP) is 2.84. The van der Waals surface area contributed by atoms with Gasteiger partial charge < -0.3 is 14.1 Å². The molecule has 6 rings (SSSR count). The van der Waals surface area contributed by atoms with Crippen molar-refractivity contribution in [1.82, 2.24) is 47.4 Å². The van der Waals surface area contributed by atoms with E-state index >= 15 is 0 Å². The van der Waals surface area contributed by atoms with Crippen molar-refractivity contribution in [1.29, 1.82) is 0 Å². The van der Waals surface area contributed by atoms with E-state index in [1.54, 1.807) is 27.7 Å². The van der Waals surface area contributed by atoms with Crippen LogP contribution >= 0.6 is 0 Å². The standard InChI is InChI=1S/2C12H15N5O/c1-7(2)17-6-13-9-10(17)15(4)12-14-8(3)5-16(12)11(9)18;1-6(2)16-5-13-9-10(16)15-12-14-7(3)8(4)17(12)11(9)18/h5-7H,1-4H3;5-6H,1-4H3,(H,14,15). The first kappa shape index (κ1) is 23.5. The molecular formula is C24H30N10O2. The third-order valence-corrected chi connectivity index (χ3v) is 6.50. The molecule has 0 aliphatic carbocycles. The van der Waals surface area contributed by atoms with Crippen molar-refractivity contribution >= 4 is 33.9 Å². The fraction of sp³-hybridized carbons (Fsp3) is 0.417. The van der Waals surface area contributed by atoms with Crippen LogP contribution in [0.1, 0.15) is 56.9 Å². The summed E-state index contributed by atoms with van der Waals surface area (Å²) in [6, 6.07) is 0.473. The monoisotopic (exact) mass is 490 g/mol. The zero-order valence-corrected chi connectivity index (χ0v) is 21.7. The van der Waals surface area contributed by atoms with Gasteiger partial charge in [0.25, 0.3) is 11.1 Å². The largest absolute Gasteiger partial charge is 0.327 e. The summed E-state index contributed by atoms with van der Waals surface area (Å²) in [5.41, 5.74) is 4.77. The highest BCUT2D eigenvalue weighted by Crippen LogP contribution is 2.17. The van der Waals surface area contributed by atoms with Crippen molar-refractivity contribution < 1.29 is 0 Å². The zero-order chi connectivity index (χ0) is 26.0. The number of H-pyrrole nitrogens is 1. The van der Waals surface area contributed by atoms with Crippen LogP contribution in [0.3, 0.4) is 0 Å². The summed E-state index contributed by atoms with van der Waals surface area (Å²) in [6.07, 6.45) is 5.12. The molecule has 0 saturated carbocycles. The molecule has 1 N–H and O–H groups in total. The maximum absolute atomic E-state index is 12.4. The third-order valence-electron chi connectivity index (χ3n) is 6.50. The molecule has 0 spiro atoms. The molecule has 0 radical (unpaired) electrons. The number of nitrogens with one attached hydrogen (secondary N) is 1. The van der Waals surface area contributed by atoms with E-state index in [9.17, 15) is 9.59 Å². The van der Waals surface area contributed by atoms with Gasteiger partial charge in [0.15, 0.2) is 16.7 Å². The molecule has 36 heavy (non-hydrogen) atoms. The Morgan fingerprint density at radius 2 is 1.50 bits per heavy atom. The van der Waals surface area contributed by atoms with Crippen molar-refractivity contribution in [3.8, 4) is 0 Å². The molecule has 0 saturated heterocycles. The van der Waals surface area contributed by atoms with Crippen molar-refractivity contribution in [3.63, 3.8) is 0 Å². The minimum Gasteiger partial charge on any atom is -0.327 e. The predicted molar refractivity (Wildman–Crippen MR) is 138 cm³/mol. The molecule has 0 aliphatic rings. The van der Waals surface area contributed by atoms with E-state index in [-0.39, 0.29) is 23.2 Å². The lowest BCUT2D eigenvalue weighted by atomic mass is 10.4. The van der Waals surface area contributed by atoms with Crippen LogP contribution in [0.4, 0.5) is 0 Å². The molecule has 6 heterocycles. The maximum atomic E-state index is 12.4. The number of fused-ring (bicyclic) bond motifs is 4. The number of aromatic amines is 1. The number of rotatable bonds is 2. The van der Waals surface area contributed by atoms with E-state index in [0.717, 1.165) is 22.7 Å². The first-order valence-electron chi connectivity index (χ1n) is 11.9. The summed E-state index contributed by atoms with van der Waals surface area (Å²) in [5.74, 6) is 1.22. The third kappa shape index (κ3) is 3.35. The molecule has 0 unspecified atom stereocenters. The van der Waals surface area contributed by atoms with Crippen molar-refractivity contribution in [2.75, 3.05) is 0 Å². The van der Waals surface area contributed by atoms with Gasteiger partial charge in [-0.2, -0.15) is 4.98 Å². The van der Waals surface area contributed by atoms with Gasteiger partial charge in [0.1, 0.15) is 5.65 Å². The highest BCUT2D eigenvalue weighted by molar-refractivity contribution is 5.73. The van der Waals surface area contributed by atoms with Gasteiger partial charge in [-0.15, -0.1) is 0 Å². The van der Waals surface area contributed by atoms with Crippen LogP contribution in [-0.2, 0) is 7.05 Å². The van der Waals surface area contributed by atoms with Gasteiger partial charge in [-0.25, -0.2) is 23.8 Å². The molecule has 0 aromatic carbocycles. The lowest BCUT2D eigenvalue weighted by Gasteiger charge is -2.11. The minimum atomic E-state index is -0.115. The normalized spacial score (nSPS) is 12.1. The molecule has 0 amide bonds. The van der Waals surface area contributed by atoms with Crippen LogP contribution < -0.4 is 11.1 Å². The Hall–Kier alpha value is -4.22. The smallest absolute Gasteiger partial charge is 0.287 e. The van der Waals surface area contributed by atoms with Crippen LogP contribution in [0, 0.1) is 20.8 Å². The lowest BCUT2D eigenvalue weighted by Crippen LogP contribution is -2.18. The van der Waals surface area contributed by atoms with Crippen molar-refractivity contribution in [2.45, 2.75) is 60.5 Å². The Kier molecular flexibility index (Phi) is 5.34. The summed E-state index contributed by atoms with van der Waals surface area (Å²) in [4.78, 5) is 45.2. The van der Waals surface area contributed by atoms with E-state index in [2.05, 4.69) is 38.8 Å². The number of aryl methyl sites for hydroxylation is 4. The molecule has 12 nitrogen and oxygen atoms in total. The maximum Gasteiger partial charge on any atom is 0.287 e. The van der Waals surface area contributed by atoms with Gasteiger partial charge in [0.05, 0.1) is 18.3 Å². The van der Waals surface area contributed by atoms with Gasteiger partial charge in [0.2, 0.25) is 11.6 Å². The van der Waals surface area contributed by atoms with Gasteiger partial charge in [-0.05, 0) is 48.5 Å². The van der Waals surface area contributed by atoms with Gasteiger partial charge >= 0.3 is 0 Å². The molecule has 6 aromatic rings. The zero-order valence-electron chi connectivity index (χ0n) is 21.7. The number of nitrogens with zero attached hydrogens (tertiary/aromatic N) is 9. The van der Waals surface area contributed by atoms with Gasteiger partial charge in [0, 0.05) is 36.7 Å². The second-order valence-electron chi connectivity index (χ2n) is 9.66. The molecule has 0 atom stereocenters. The average Bonchev–Trinajstić information content (AvgIpc) is 3.57. The molecular weight excluding hydrogens is 460 g/mol. The SMILES string of the molecule is Cc1[nH]c2nc3c(ncn3C(C)C)c(=O)n2c1C.Cc1cn2c(=O)c3ncn(C(C)C)c3n(C)c2n1. The molecule has 0 bridgehead atoms. The fourth-order valence-corrected chi connectivity index (χ4v) is 4.46. The Morgan fingerprint density at radius 1 is 0.861 bits per heavy atom. The van der Waals surface area contributed by atoms with Crippen molar-refractivity contribution in [2.24, 2.45) is 7.05 Å². The highest BCUT2D eigenvalue weighted by atomic mass is 16.1. The van der Waals surface area contributed by atoms with Crippen LogP contribution in [0.5, 0.6) is 0 Å². The summed E-state index contributed by atoms with van der Waals surface area (Å²) < 4.78 is 8.93. The van der Waals surface area contributed by atoms with Crippen LogP contribution in [-0.4, -0.2) is 47.4 Å². The first-order valence-corrected chi connectivity index (χ1v) is 11.9. The Labute approximate surface area is 205 Å². The molecule has 0 aliphatic heterocycles. The summed E-state index contributed by atoms with van der Waals surface area (Å²) in [5, 5.41) is 0. The van der Waals surface area contributed by atoms with E-state index < -0.39 is 0 Å². The molecule has 0 fully saturated rings. The van der Waals surface area contributed by atoms with Crippen LogP contribution in [0.2, 0.25) is 0 Å². The second-order valence-corrected chi connectivity index (χ2v) is 9.66. The summed E-state index contributed by atoms with van der Waals surface area (Å²) in [7, 11) is 1.91. The van der Waals surface area contributed by atoms with E-state index in [4.69, 9.17) is 0 Å². The number of hydrogen-bond acceptors (Lipinski definition) is 6. The molecule has 188 valence electrons. The lowest BCUT2D eigenvalue weighted by molar-refractivity contribution is 0.604. The fourth-order valence-electron chi connectivity index (χ4n) is 4.46. The van der Waals surface area contributed by atoms with Gasteiger partial charge in [-0.1, -0.05) is 0 Å². The van der Waals surface area contributed by atoms with Crippen molar-refractivity contribution in [3.05, 3.63) is 56.6 Å². The first-order chi connectivity index (χ1) is 17.0. The van der Waals surface area contributed by atoms with E-state index in [0.29, 0.717) is 28.2 Å². The topological polar surface area (TPSA) is 125 Å². The Morgan fingerprint density at radius 3 is 2.17 bits per heavy atom. The quantitative estimate of drug-likeness (QED) is 0.398. The number of aromatic nitrogens is 10. The highest BCUT2D eigenvalue weighted by Gasteiger charge is 2.17. The van der Waals surface area contributed by atoms with Crippen LogP contribution in [0.25, 0.3) is 33.9 Å². The average molecular weight is 491 g/mol. The number of hydrogen-bond donors (Lipinski definition) is 1. The Balaban J connectivity index is 0.000000148. The number of imidazole rings is 4. The Bertz CT molecular complexity index is 1890. The van der Waals surface area contributed by atoms with Gasteiger partial charge in [-0.3, -0.25) is 14.2 Å². The summed E-state index contributed by atoms with van der Waals surface area (Å²) >= 11 is 0. The molecule has 12 heteroatoms. The summed E-state index contributed by atoms with van der Waals surface area (Å²) in [6.45, 7) is 13.9. The minimum absolute atomic E-state index is 0.113. The van der Waals surface area contributed by atoms with Crippen LogP contribution in [0.15, 0.2) is 28.4 Å².